The van der Waals surface area contributed by atoms with Crippen molar-refractivity contribution < 1.29 is 4.84 Å². The lowest BCUT2D eigenvalue weighted by Crippen LogP contribution is -2.00. The molecule has 0 fully saturated rings. The Balaban J connectivity index is 2.25. The molecule has 1 rings (SSSR count). The fourth-order valence-corrected chi connectivity index (χ4v) is 1.27. The van der Waals surface area contributed by atoms with Gasteiger partial charge in [0, 0.05) is 0 Å². The van der Waals surface area contributed by atoms with Crippen LogP contribution in [0, 0.1) is 6.92 Å². The molecule has 1 aromatic carbocycles. The molecular formula is C11H17NO. The van der Waals surface area contributed by atoms with E-state index in [1.54, 1.807) is 0 Å². The van der Waals surface area contributed by atoms with Gasteiger partial charge in [-0.15, -0.1) is 0 Å². The SMILES string of the molecule is Cc1ccc(CCCCON)cc1. The Kier molecular flexibility index (Phi) is 4.50. The largest absolute Gasteiger partial charge is 0.305 e. The molecule has 0 bridgehead atoms. The molecule has 2 heteroatoms. The summed E-state index contributed by atoms with van der Waals surface area (Å²) in [5.74, 6) is 4.93. The Bertz CT molecular complexity index is 230. The number of hydrogen-bond donors (Lipinski definition) is 1. The van der Waals surface area contributed by atoms with Gasteiger partial charge in [0.05, 0.1) is 6.61 Å². The molecule has 0 aliphatic rings. The Morgan fingerprint density at radius 1 is 1.15 bits per heavy atom. The normalized spacial score (nSPS) is 10.3. The fraction of sp³-hybridized carbons (Fsp3) is 0.455. The van der Waals surface area contributed by atoms with Crippen LogP contribution >= 0.6 is 0 Å². The van der Waals surface area contributed by atoms with E-state index in [2.05, 4.69) is 36.0 Å². The van der Waals surface area contributed by atoms with E-state index in [9.17, 15) is 0 Å². The van der Waals surface area contributed by atoms with Crippen molar-refractivity contribution in [3.8, 4) is 0 Å². The summed E-state index contributed by atoms with van der Waals surface area (Å²) in [6.07, 6.45) is 3.29. The maximum Gasteiger partial charge on any atom is 0.0679 e. The van der Waals surface area contributed by atoms with Gasteiger partial charge in [-0.05, 0) is 31.7 Å². The maximum absolute atomic E-state index is 4.93. The first-order valence-corrected chi connectivity index (χ1v) is 4.70. The third-order valence-electron chi connectivity index (χ3n) is 2.10. The molecule has 13 heavy (non-hydrogen) atoms. The average molecular weight is 179 g/mol. The van der Waals surface area contributed by atoms with Crippen LogP contribution < -0.4 is 5.90 Å². The van der Waals surface area contributed by atoms with Crippen molar-refractivity contribution in [1.29, 1.82) is 0 Å². The Morgan fingerprint density at radius 3 is 2.46 bits per heavy atom. The van der Waals surface area contributed by atoms with Crippen LogP contribution in [-0.2, 0) is 11.3 Å². The summed E-state index contributed by atoms with van der Waals surface area (Å²) in [5.41, 5.74) is 2.71. The molecule has 2 nitrogen and oxygen atoms in total. The summed E-state index contributed by atoms with van der Waals surface area (Å²) in [4.78, 5) is 4.50. The minimum atomic E-state index is 0.659. The minimum Gasteiger partial charge on any atom is -0.305 e. The molecular weight excluding hydrogens is 162 g/mol. The van der Waals surface area contributed by atoms with Gasteiger partial charge in [-0.25, -0.2) is 5.90 Å². The van der Waals surface area contributed by atoms with Gasteiger partial charge >= 0.3 is 0 Å². The Morgan fingerprint density at radius 2 is 1.85 bits per heavy atom. The van der Waals surface area contributed by atoms with Gasteiger partial charge in [0.15, 0.2) is 0 Å². The van der Waals surface area contributed by atoms with Crippen LogP contribution in [0.2, 0.25) is 0 Å². The van der Waals surface area contributed by atoms with Gasteiger partial charge in [0.2, 0.25) is 0 Å². The second-order valence-electron chi connectivity index (χ2n) is 3.31. The molecule has 0 aliphatic heterocycles. The molecule has 0 aromatic heterocycles. The van der Waals surface area contributed by atoms with E-state index >= 15 is 0 Å². The molecule has 0 amide bonds. The third-order valence-corrected chi connectivity index (χ3v) is 2.10. The van der Waals surface area contributed by atoms with Crippen molar-refractivity contribution in [1.82, 2.24) is 0 Å². The van der Waals surface area contributed by atoms with Crippen LogP contribution in [0.5, 0.6) is 0 Å². The van der Waals surface area contributed by atoms with Crippen molar-refractivity contribution in [3.05, 3.63) is 35.4 Å². The molecule has 0 saturated heterocycles. The van der Waals surface area contributed by atoms with E-state index in [1.807, 2.05) is 0 Å². The first kappa shape index (κ1) is 10.2. The number of unbranched alkanes of at least 4 members (excludes halogenated alkanes) is 1. The van der Waals surface area contributed by atoms with Crippen molar-refractivity contribution in [3.63, 3.8) is 0 Å². The molecule has 0 aliphatic carbocycles. The summed E-state index contributed by atoms with van der Waals surface area (Å²) in [6, 6.07) is 8.65. The smallest absolute Gasteiger partial charge is 0.0679 e. The van der Waals surface area contributed by atoms with Crippen molar-refractivity contribution >= 4 is 0 Å². The lowest BCUT2D eigenvalue weighted by atomic mass is 10.1. The van der Waals surface area contributed by atoms with E-state index in [4.69, 9.17) is 5.90 Å². The van der Waals surface area contributed by atoms with Gasteiger partial charge < -0.3 is 4.84 Å². The highest BCUT2D eigenvalue weighted by Crippen LogP contribution is 2.06. The van der Waals surface area contributed by atoms with Gasteiger partial charge in [-0.2, -0.15) is 0 Å². The van der Waals surface area contributed by atoms with Crippen LogP contribution in [0.4, 0.5) is 0 Å². The highest BCUT2D eigenvalue weighted by molar-refractivity contribution is 5.21. The molecule has 1 aromatic rings. The Hall–Kier alpha value is -0.860. The van der Waals surface area contributed by atoms with Crippen LogP contribution in [-0.4, -0.2) is 6.61 Å². The Labute approximate surface area is 79.7 Å². The van der Waals surface area contributed by atoms with Crippen LogP contribution in [0.25, 0.3) is 0 Å². The second kappa shape index (κ2) is 5.73. The van der Waals surface area contributed by atoms with Crippen molar-refractivity contribution in [2.45, 2.75) is 26.2 Å². The van der Waals surface area contributed by atoms with E-state index in [0.29, 0.717) is 6.61 Å². The number of nitrogens with two attached hydrogens (primary N) is 1. The van der Waals surface area contributed by atoms with E-state index in [-0.39, 0.29) is 0 Å². The van der Waals surface area contributed by atoms with Crippen molar-refractivity contribution in [2.24, 2.45) is 5.90 Å². The topological polar surface area (TPSA) is 35.2 Å². The average Bonchev–Trinajstić information content (AvgIpc) is 2.15. The first-order valence-electron chi connectivity index (χ1n) is 4.70. The number of benzene rings is 1. The molecule has 0 spiro atoms. The lowest BCUT2D eigenvalue weighted by molar-refractivity contribution is 0.134. The zero-order chi connectivity index (χ0) is 9.52. The molecule has 0 unspecified atom stereocenters. The zero-order valence-corrected chi connectivity index (χ0v) is 8.12. The van der Waals surface area contributed by atoms with Crippen LogP contribution in [0.15, 0.2) is 24.3 Å². The maximum atomic E-state index is 4.93. The minimum absolute atomic E-state index is 0.659. The zero-order valence-electron chi connectivity index (χ0n) is 8.12. The molecule has 72 valence electrons. The van der Waals surface area contributed by atoms with Gasteiger partial charge in [0.25, 0.3) is 0 Å². The second-order valence-corrected chi connectivity index (χ2v) is 3.31. The predicted molar refractivity (Wildman–Crippen MR) is 54.3 cm³/mol. The number of rotatable bonds is 5. The van der Waals surface area contributed by atoms with E-state index in [0.717, 1.165) is 19.3 Å². The van der Waals surface area contributed by atoms with Gasteiger partial charge in [0.1, 0.15) is 0 Å². The molecule has 0 saturated carbocycles. The van der Waals surface area contributed by atoms with Gasteiger partial charge in [-0.3, -0.25) is 0 Å². The predicted octanol–water partition coefficient (Wildman–Crippen LogP) is 2.21. The summed E-state index contributed by atoms with van der Waals surface area (Å²) >= 11 is 0. The number of aryl methyl sites for hydroxylation is 2. The van der Waals surface area contributed by atoms with E-state index in [1.165, 1.54) is 11.1 Å². The summed E-state index contributed by atoms with van der Waals surface area (Å²) in [5, 5.41) is 0. The highest BCUT2D eigenvalue weighted by Gasteiger charge is 1.92. The molecule has 2 N–H and O–H groups in total. The summed E-state index contributed by atoms with van der Waals surface area (Å²) < 4.78 is 0. The summed E-state index contributed by atoms with van der Waals surface area (Å²) in [6.45, 7) is 2.76. The molecule has 0 atom stereocenters. The van der Waals surface area contributed by atoms with E-state index < -0.39 is 0 Å². The van der Waals surface area contributed by atoms with Crippen LogP contribution in [0.3, 0.4) is 0 Å². The molecule has 0 heterocycles. The lowest BCUT2D eigenvalue weighted by Gasteiger charge is -2.01. The quantitative estimate of drug-likeness (QED) is 0.555. The van der Waals surface area contributed by atoms with Gasteiger partial charge in [-0.1, -0.05) is 29.8 Å². The monoisotopic (exact) mass is 179 g/mol. The molecule has 0 radical (unpaired) electrons. The third kappa shape index (κ3) is 4.06. The highest BCUT2D eigenvalue weighted by atomic mass is 16.6. The van der Waals surface area contributed by atoms with Crippen molar-refractivity contribution in [2.75, 3.05) is 6.61 Å². The summed E-state index contributed by atoms with van der Waals surface area (Å²) in [7, 11) is 0. The number of hydrogen-bond acceptors (Lipinski definition) is 2. The standard InChI is InChI=1S/C11H17NO/c1-10-5-7-11(8-6-10)4-2-3-9-13-12/h5-8H,2-4,9,12H2,1H3. The first-order chi connectivity index (χ1) is 6.33. The van der Waals surface area contributed by atoms with Crippen LogP contribution in [0.1, 0.15) is 24.0 Å². The fourth-order valence-electron chi connectivity index (χ4n) is 1.27.